The Morgan fingerprint density at radius 3 is 2.71 bits per heavy atom. The van der Waals surface area contributed by atoms with Crippen LogP contribution in [0.5, 0.6) is 0 Å². The molecule has 6 nitrogen and oxygen atoms in total. The molecule has 0 aliphatic carbocycles. The molecule has 0 radical (unpaired) electrons. The number of thioether (sulfide) groups is 1. The van der Waals surface area contributed by atoms with Crippen LogP contribution in [0.4, 0.5) is 4.79 Å². The monoisotopic (exact) mass is 258 g/mol. The van der Waals surface area contributed by atoms with Gasteiger partial charge in [-0.1, -0.05) is 11.8 Å². The van der Waals surface area contributed by atoms with Crippen LogP contribution in [0.1, 0.15) is 13.3 Å². The Hall–Kier alpha value is -1.24. The zero-order chi connectivity index (χ0) is 12.6. The Kier molecular flexibility index (Phi) is 3.28. The topological polar surface area (TPSA) is 86.7 Å². The molecule has 2 fully saturated rings. The third-order valence-electron chi connectivity index (χ3n) is 3.33. The van der Waals surface area contributed by atoms with Crippen LogP contribution in [0.15, 0.2) is 0 Å². The number of hydrogen-bond acceptors (Lipinski definition) is 4. The van der Waals surface area contributed by atoms with Crippen LogP contribution in [0.25, 0.3) is 0 Å². The Labute approximate surface area is 103 Å². The fraction of sp³-hybridized carbons (Fsp3) is 0.700. The van der Waals surface area contributed by atoms with Crippen LogP contribution in [-0.2, 0) is 9.59 Å². The maximum Gasteiger partial charge on any atom is 0.308 e. The number of carbonyl (C=O) groups excluding carboxylic acids is 2. The number of carboxylic acid groups (broad SMARTS) is 1. The number of carbonyl (C=O) groups is 3. The molecular weight excluding hydrogens is 244 g/mol. The molecule has 2 N–H and O–H groups in total. The highest BCUT2D eigenvalue weighted by Crippen LogP contribution is 2.26. The minimum atomic E-state index is -0.863. The van der Waals surface area contributed by atoms with Crippen molar-refractivity contribution in [3.8, 4) is 0 Å². The quantitative estimate of drug-likeness (QED) is 0.735. The second-order valence-electron chi connectivity index (χ2n) is 4.30. The summed E-state index contributed by atoms with van der Waals surface area (Å²) in [4.78, 5) is 35.6. The van der Waals surface area contributed by atoms with Crippen molar-refractivity contribution >= 4 is 28.9 Å². The van der Waals surface area contributed by atoms with E-state index in [1.807, 2.05) is 0 Å². The largest absolute Gasteiger partial charge is 0.481 e. The molecule has 0 bridgehead atoms. The Bertz CT molecular complexity index is 373. The summed E-state index contributed by atoms with van der Waals surface area (Å²) in [7, 11) is 0. The lowest BCUT2D eigenvalue weighted by atomic mass is 10.0. The second-order valence-corrected chi connectivity index (χ2v) is 5.29. The molecule has 2 aliphatic rings. The first kappa shape index (κ1) is 12.2. The number of carboxylic acids is 1. The van der Waals surface area contributed by atoms with Gasteiger partial charge in [0, 0.05) is 18.3 Å². The summed E-state index contributed by atoms with van der Waals surface area (Å²) in [5, 5.41) is 11.4. The highest BCUT2D eigenvalue weighted by Gasteiger charge is 2.41. The minimum absolute atomic E-state index is 0.167. The minimum Gasteiger partial charge on any atom is -0.481 e. The molecule has 3 atom stereocenters. The molecule has 94 valence electrons. The van der Waals surface area contributed by atoms with Crippen LogP contribution in [-0.4, -0.2) is 51.5 Å². The van der Waals surface area contributed by atoms with E-state index in [1.54, 1.807) is 11.8 Å². The van der Waals surface area contributed by atoms with E-state index in [4.69, 9.17) is 5.11 Å². The number of likely N-dealkylation sites (tertiary alicyclic amines) is 1. The van der Waals surface area contributed by atoms with E-state index in [0.29, 0.717) is 18.7 Å². The van der Waals surface area contributed by atoms with E-state index >= 15 is 0 Å². The molecule has 2 saturated heterocycles. The van der Waals surface area contributed by atoms with Gasteiger partial charge < -0.3 is 15.3 Å². The molecule has 3 unspecified atom stereocenters. The van der Waals surface area contributed by atoms with E-state index in [0.717, 1.165) is 11.8 Å². The molecule has 17 heavy (non-hydrogen) atoms. The van der Waals surface area contributed by atoms with Crippen molar-refractivity contribution < 1.29 is 19.5 Å². The Morgan fingerprint density at radius 1 is 1.53 bits per heavy atom. The fourth-order valence-corrected chi connectivity index (χ4v) is 3.07. The van der Waals surface area contributed by atoms with Gasteiger partial charge in [-0.15, -0.1) is 0 Å². The van der Waals surface area contributed by atoms with Crippen LogP contribution in [0.2, 0.25) is 0 Å². The van der Waals surface area contributed by atoms with Crippen LogP contribution < -0.4 is 5.32 Å². The molecule has 0 spiro atoms. The maximum atomic E-state index is 12.1. The van der Waals surface area contributed by atoms with Crippen molar-refractivity contribution in [1.82, 2.24) is 10.2 Å². The average Bonchev–Trinajstić information content (AvgIpc) is 2.83. The fourth-order valence-electron chi connectivity index (χ4n) is 2.30. The Balaban J connectivity index is 2.01. The molecule has 2 rings (SSSR count). The number of rotatable bonds is 2. The SMILES string of the molecule is CC1C(C(=O)O)CCN1C(=O)C1CSC(=O)N1. The van der Waals surface area contributed by atoms with Gasteiger partial charge in [-0.3, -0.25) is 14.4 Å². The average molecular weight is 258 g/mol. The van der Waals surface area contributed by atoms with Crippen molar-refractivity contribution in [2.24, 2.45) is 5.92 Å². The first-order valence-corrected chi connectivity index (χ1v) is 6.46. The first-order valence-electron chi connectivity index (χ1n) is 5.47. The first-order chi connectivity index (χ1) is 8.00. The van der Waals surface area contributed by atoms with Gasteiger partial charge in [-0.25, -0.2) is 0 Å². The summed E-state index contributed by atoms with van der Waals surface area (Å²) < 4.78 is 0. The van der Waals surface area contributed by atoms with E-state index < -0.39 is 17.9 Å². The molecule has 2 amide bonds. The number of hydrogen-bond donors (Lipinski definition) is 2. The highest BCUT2D eigenvalue weighted by atomic mass is 32.2. The number of aliphatic carboxylic acids is 1. The summed E-state index contributed by atoms with van der Waals surface area (Å²) in [5.74, 6) is -1.10. The molecule has 0 aromatic carbocycles. The molecule has 0 saturated carbocycles. The van der Waals surface area contributed by atoms with Crippen LogP contribution >= 0.6 is 11.8 Å². The zero-order valence-electron chi connectivity index (χ0n) is 9.38. The molecule has 2 heterocycles. The molecular formula is C10H14N2O4S. The molecule has 0 aromatic rings. The van der Waals surface area contributed by atoms with Gasteiger partial charge in [-0.2, -0.15) is 0 Å². The van der Waals surface area contributed by atoms with E-state index in [9.17, 15) is 14.4 Å². The van der Waals surface area contributed by atoms with Gasteiger partial charge in [0.05, 0.1) is 5.92 Å². The van der Waals surface area contributed by atoms with Gasteiger partial charge in [0.1, 0.15) is 6.04 Å². The van der Waals surface area contributed by atoms with Crippen molar-refractivity contribution in [3.63, 3.8) is 0 Å². The molecule has 7 heteroatoms. The smallest absolute Gasteiger partial charge is 0.308 e. The van der Waals surface area contributed by atoms with Gasteiger partial charge in [0.25, 0.3) is 5.24 Å². The second kappa shape index (κ2) is 4.56. The highest BCUT2D eigenvalue weighted by molar-refractivity contribution is 8.14. The lowest BCUT2D eigenvalue weighted by Gasteiger charge is -2.25. The van der Waals surface area contributed by atoms with E-state index in [-0.39, 0.29) is 17.2 Å². The van der Waals surface area contributed by atoms with Crippen molar-refractivity contribution in [2.45, 2.75) is 25.4 Å². The third-order valence-corrected chi connectivity index (χ3v) is 4.21. The van der Waals surface area contributed by atoms with Gasteiger partial charge in [0.2, 0.25) is 5.91 Å². The molecule has 2 aliphatic heterocycles. The number of nitrogens with zero attached hydrogens (tertiary/aromatic N) is 1. The summed E-state index contributed by atoms with van der Waals surface area (Å²) in [6.45, 7) is 2.20. The lowest BCUT2D eigenvalue weighted by molar-refractivity contribution is -0.143. The van der Waals surface area contributed by atoms with Gasteiger partial charge >= 0.3 is 5.97 Å². The van der Waals surface area contributed by atoms with Gasteiger partial charge in [0.15, 0.2) is 0 Å². The van der Waals surface area contributed by atoms with Crippen molar-refractivity contribution in [3.05, 3.63) is 0 Å². The lowest BCUT2D eigenvalue weighted by Crippen LogP contribution is -2.48. The zero-order valence-corrected chi connectivity index (χ0v) is 10.2. The standard InChI is InChI=1S/C10H14N2O4S/c1-5-6(9(14)15)2-3-12(5)8(13)7-4-17-10(16)11-7/h5-7H,2-4H2,1H3,(H,11,16)(H,14,15). The number of nitrogens with one attached hydrogen (secondary N) is 1. The van der Waals surface area contributed by atoms with Crippen LogP contribution in [0.3, 0.4) is 0 Å². The maximum absolute atomic E-state index is 12.1. The predicted molar refractivity (Wildman–Crippen MR) is 61.7 cm³/mol. The predicted octanol–water partition coefficient (Wildman–Crippen LogP) is 0.133. The summed E-state index contributed by atoms with van der Waals surface area (Å²) in [6.07, 6.45) is 0.482. The van der Waals surface area contributed by atoms with Crippen molar-refractivity contribution in [2.75, 3.05) is 12.3 Å². The Morgan fingerprint density at radius 2 is 2.24 bits per heavy atom. The van der Waals surface area contributed by atoms with E-state index in [1.165, 1.54) is 0 Å². The summed E-state index contributed by atoms with van der Waals surface area (Å²) in [6, 6.07) is -0.801. The normalized spacial score (nSPS) is 32.6. The summed E-state index contributed by atoms with van der Waals surface area (Å²) in [5.41, 5.74) is 0. The van der Waals surface area contributed by atoms with Gasteiger partial charge in [-0.05, 0) is 13.3 Å². The van der Waals surface area contributed by atoms with Crippen LogP contribution in [0, 0.1) is 5.92 Å². The summed E-state index contributed by atoms with van der Waals surface area (Å²) >= 11 is 1.09. The van der Waals surface area contributed by atoms with E-state index in [2.05, 4.69) is 5.32 Å². The van der Waals surface area contributed by atoms with Crippen molar-refractivity contribution in [1.29, 1.82) is 0 Å². The molecule has 0 aromatic heterocycles. The number of amides is 2. The third kappa shape index (κ3) is 2.24.